The molecule has 2 rings (SSSR count). The number of aryl methyl sites for hydroxylation is 1. The summed E-state index contributed by atoms with van der Waals surface area (Å²) in [5, 5.41) is 8.09. The van der Waals surface area contributed by atoms with Crippen LogP contribution in [0, 0.1) is 19.8 Å². The zero-order chi connectivity index (χ0) is 12.7. The number of aromatic nitrogens is 2. The molecule has 0 amide bonds. The Kier molecular flexibility index (Phi) is 3.30. The highest BCUT2D eigenvalue weighted by Gasteiger charge is 2.40. The van der Waals surface area contributed by atoms with Crippen LogP contribution in [-0.4, -0.2) is 22.9 Å². The molecule has 3 atom stereocenters. The summed E-state index contributed by atoms with van der Waals surface area (Å²) in [7, 11) is 2.06. The maximum atomic E-state index is 4.69. The van der Waals surface area contributed by atoms with Gasteiger partial charge in [0.25, 0.3) is 0 Å². The molecule has 0 radical (unpaired) electrons. The van der Waals surface area contributed by atoms with Crippen molar-refractivity contribution >= 4 is 0 Å². The average molecular weight is 235 g/mol. The molecule has 96 valence electrons. The molecule has 0 aliphatic heterocycles. The van der Waals surface area contributed by atoms with Crippen molar-refractivity contribution < 1.29 is 0 Å². The average Bonchev–Trinajstić information content (AvgIpc) is 2.55. The van der Waals surface area contributed by atoms with Crippen LogP contribution in [0.3, 0.4) is 0 Å². The molecule has 3 unspecified atom stereocenters. The lowest BCUT2D eigenvalue weighted by atomic mass is 9.66. The van der Waals surface area contributed by atoms with Crippen molar-refractivity contribution in [3.63, 3.8) is 0 Å². The van der Waals surface area contributed by atoms with Crippen LogP contribution < -0.4 is 5.32 Å². The predicted molar refractivity (Wildman–Crippen MR) is 71.5 cm³/mol. The Morgan fingerprint density at radius 3 is 2.41 bits per heavy atom. The molecule has 1 aliphatic carbocycles. The van der Waals surface area contributed by atoms with Crippen LogP contribution in [0.25, 0.3) is 0 Å². The van der Waals surface area contributed by atoms with E-state index in [1.165, 1.54) is 23.4 Å². The molecule has 1 aromatic rings. The number of nitrogens with one attached hydrogen (secondary N) is 1. The van der Waals surface area contributed by atoms with Crippen molar-refractivity contribution in [3.05, 3.63) is 17.0 Å². The highest BCUT2D eigenvalue weighted by atomic mass is 15.3. The van der Waals surface area contributed by atoms with Crippen LogP contribution in [0.4, 0.5) is 0 Å². The van der Waals surface area contributed by atoms with Crippen molar-refractivity contribution in [3.8, 4) is 0 Å². The first-order valence-corrected chi connectivity index (χ1v) is 6.70. The number of hydrogen-bond donors (Lipinski definition) is 1. The van der Waals surface area contributed by atoms with Gasteiger partial charge in [-0.25, -0.2) is 0 Å². The fourth-order valence-electron chi connectivity index (χ4n) is 3.26. The highest BCUT2D eigenvalue weighted by Crippen LogP contribution is 2.44. The van der Waals surface area contributed by atoms with Crippen LogP contribution in [0.1, 0.15) is 56.1 Å². The van der Waals surface area contributed by atoms with Crippen LogP contribution in [0.5, 0.6) is 0 Å². The van der Waals surface area contributed by atoms with Crippen molar-refractivity contribution in [2.75, 3.05) is 7.05 Å². The third kappa shape index (κ3) is 1.90. The van der Waals surface area contributed by atoms with E-state index in [2.05, 4.69) is 51.7 Å². The molecule has 0 aromatic carbocycles. The summed E-state index contributed by atoms with van der Waals surface area (Å²) in [5.41, 5.74) is 4.09. The lowest BCUT2D eigenvalue weighted by Crippen LogP contribution is -2.46. The van der Waals surface area contributed by atoms with Crippen LogP contribution >= 0.6 is 0 Å². The normalized spacial score (nSPS) is 28.5. The third-order valence-electron chi connectivity index (χ3n) is 4.39. The first-order valence-electron chi connectivity index (χ1n) is 6.70. The second-order valence-corrected chi connectivity index (χ2v) is 5.72. The molecule has 17 heavy (non-hydrogen) atoms. The third-order valence-corrected chi connectivity index (χ3v) is 4.39. The molecule has 3 heteroatoms. The van der Waals surface area contributed by atoms with Gasteiger partial charge in [0.15, 0.2) is 0 Å². The standard InChI is InChI=1S/C14H25N3/c1-8(2)17-11(5)14(10(4)16-17)12-7-13(15-6)9(12)3/h8-9,12-13,15H,7H2,1-6H3. The molecular formula is C14H25N3. The van der Waals surface area contributed by atoms with Crippen molar-refractivity contribution in [2.24, 2.45) is 5.92 Å². The molecule has 0 saturated heterocycles. The summed E-state index contributed by atoms with van der Waals surface area (Å²) in [5.74, 6) is 1.42. The SMILES string of the molecule is CNC1CC(c2c(C)nn(C(C)C)c2C)C1C. The first kappa shape index (κ1) is 12.6. The van der Waals surface area contributed by atoms with Gasteiger partial charge in [-0.15, -0.1) is 0 Å². The van der Waals surface area contributed by atoms with Gasteiger partial charge in [0.1, 0.15) is 0 Å². The Bertz CT molecular complexity index is 406. The second-order valence-electron chi connectivity index (χ2n) is 5.72. The van der Waals surface area contributed by atoms with Gasteiger partial charge in [-0.1, -0.05) is 6.92 Å². The van der Waals surface area contributed by atoms with Crippen LogP contribution in [0.15, 0.2) is 0 Å². The van der Waals surface area contributed by atoms with Crippen molar-refractivity contribution in [2.45, 2.75) is 59.0 Å². The van der Waals surface area contributed by atoms with Gasteiger partial charge in [-0.3, -0.25) is 4.68 Å². The molecule has 1 heterocycles. The topological polar surface area (TPSA) is 29.9 Å². The molecule has 1 saturated carbocycles. The van der Waals surface area contributed by atoms with Gasteiger partial charge in [-0.05, 0) is 58.6 Å². The molecule has 3 nitrogen and oxygen atoms in total. The van der Waals surface area contributed by atoms with E-state index in [9.17, 15) is 0 Å². The van der Waals surface area contributed by atoms with Crippen molar-refractivity contribution in [1.29, 1.82) is 0 Å². The molecule has 1 N–H and O–H groups in total. The summed E-state index contributed by atoms with van der Waals surface area (Å²) >= 11 is 0. The fraction of sp³-hybridized carbons (Fsp3) is 0.786. The van der Waals surface area contributed by atoms with Gasteiger partial charge in [0.05, 0.1) is 5.69 Å². The van der Waals surface area contributed by atoms with Gasteiger partial charge in [0, 0.05) is 17.8 Å². The van der Waals surface area contributed by atoms with Gasteiger partial charge >= 0.3 is 0 Å². The van der Waals surface area contributed by atoms with E-state index >= 15 is 0 Å². The van der Waals surface area contributed by atoms with Crippen LogP contribution in [0.2, 0.25) is 0 Å². The van der Waals surface area contributed by atoms with E-state index in [4.69, 9.17) is 5.10 Å². The van der Waals surface area contributed by atoms with E-state index in [0.29, 0.717) is 18.0 Å². The maximum absolute atomic E-state index is 4.69. The summed E-state index contributed by atoms with van der Waals surface area (Å²) in [6.45, 7) is 11.1. The Morgan fingerprint density at radius 1 is 1.35 bits per heavy atom. The molecule has 1 fully saturated rings. The number of rotatable bonds is 3. The van der Waals surface area contributed by atoms with Crippen molar-refractivity contribution in [1.82, 2.24) is 15.1 Å². The summed E-state index contributed by atoms with van der Waals surface area (Å²) in [4.78, 5) is 0. The summed E-state index contributed by atoms with van der Waals surface area (Å²) in [6, 6.07) is 1.14. The predicted octanol–water partition coefficient (Wildman–Crippen LogP) is 2.79. The number of hydrogen-bond acceptors (Lipinski definition) is 2. The Hall–Kier alpha value is -0.830. The van der Waals surface area contributed by atoms with Gasteiger partial charge in [-0.2, -0.15) is 5.10 Å². The Labute approximate surface area is 105 Å². The Balaban J connectivity index is 2.28. The molecule has 1 aromatic heterocycles. The monoisotopic (exact) mass is 235 g/mol. The largest absolute Gasteiger partial charge is 0.317 e. The second kappa shape index (κ2) is 4.45. The van der Waals surface area contributed by atoms with E-state index in [1.807, 2.05) is 0 Å². The number of nitrogens with zero attached hydrogens (tertiary/aromatic N) is 2. The quantitative estimate of drug-likeness (QED) is 0.873. The zero-order valence-corrected chi connectivity index (χ0v) is 11.9. The summed E-state index contributed by atoms with van der Waals surface area (Å²) < 4.78 is 2.17. The maximum Gasteiger partial charge on any atom is 0.0631 e. The lowest BCUT2D eigenvalue weighted by molar-refractivity contribution is 0.193. The van der Waals surface area contributed by atoms with Gasteiger partial charge < -0.3 is 5.32 Å². The minimum Gasteiger partial charge on any atom is -0.317 e. The van der Waals surface area contributed by atoms with E-state index in [1.54, 1.807) is 0 Å². The van der Waals surface area contributed by atoms with E-state index in [0.717, 1.165) is 5.92 Å². The fourth-order valence-corrected chi connectivity index (χ4v) is 3.26. The minimum absolute atomic E-state index is 0.456. The molecule has 0 bridgehead atoms. The first-order chi connectivity index (χ1) is 7.97. The van der Waals surface area contributed by atoms with Crippen LogP contribution in [-0.2, 0) is 0 Å². The molecule has 1 aliphatic rings. The molecule has 0 spiro atoms. The van der Waals surface area contributed by atoms with E-state index in [-0.39, 0.29) is 0 Å². The van der Waals surface area contributed by atoms with Gasteiger partial charge in [0.2, 0.25) is 0 Å². The lowest BCUT2D eigenvalue weighted by Gasteiger charge is -2.43. The van der Waals surface area contributed by atoms with E-state index < -0.39 is 0 Å². The zero-order valence-electron chi connectivity index (χ0n) is 11.9. The smallest absolute Gasteiger partial charge is 0.0631 e. The Morgan fingerprint density at radius 2 is 2.00 bits per heavy atom. The summed E-state index contributed by atoms with van der Waals surface area (Å²) in [6.07, 6.45) is 1.25. The highest BCUT2D eigenvalue weighted by molar-refractivity contribution is 5.32. The molecular weight excluding hydrogens is 210 g/mol. The minimum atomic E-state index is 0.456.